The average Bonchev–Trinajstić information content (AvgIpc) is 3.33. The summed E-state index contributed by atoms with van der Waals surface area (Å²) in [6.45, 7) is 0.508. The second-order valence-electron chi connectivity index (χ2n) is 7.78. The molecule has 37 heavy (non-hydrogen) atoms. The third-order valence-electron chi connectivity index (χ3n) is 5.28. The van der Waals surface area contributed by atoms with Gasteiger partial charge < -0.3 is 19.5 Å². The summed E-state index contributed by atoms with van der Waals surface area (Å²) in [6.07, 6.45) is -4.45. The van der Waals surface area contributed by atoms with Gasteiger partial charge in [0.25, 0.3) is 5.91 Å². The fourth-order valence-corrected chi connectivity index (χ4v) is 3.40. The summed E-state index contributed by atoms with van der Waals surface area (Å²) in [4.78, 5) is 17.0. The SMILES string of the molecule is COCCOc1nc(-c2ccc(C(F)(F)F)cc2)n(-c2ccc(NC(=O)c3cccc(OC)c3)cc2)n1. The van der Waals surface area contributed by atoms with Gasteiger partial charge in [-0.1, -0.05) is 18.2 Å². The van der Waals surface area contributed by atoms with E-state index in [-0.39, 0.29) is 24.3 Å². The topological polar surface area (TPSA) is 87.5 Å². The molecule has 3 aromatic carbocycles. The van der Waals surface area contributed by atoms with Crippen molar-refractivity contribution in [2.75, 3.05) is 32.8 Å². The van der Waals surface area contributed by atoms with Gasteiger partial charge in [-0.2, -0.15) is 18.2 Å². The smallest absolute Gasteiger partial charge is 0.416 e. The number of aromatic nitrogens is 3. The molecule has 0 aliphatic heterocycles. The average molecular weight is 512 g/mol. The molecule has 1 N–H and O–H groups in total. The molecule has 0 unspecified atom stereocenters. The van der Waals surface area contributed by atoms with Gasteiger partial charge in [0.2, 0.25) is 0 Å². The van der Waals surface area contributed by atoms with Gasteiger partial charge in [0.1, 0.15) is 12.4 Å². The molecular weight excluding hydrogens is 489 g/mol. The first-order valence-corrected chi connectivity index (χ1v) is 11.1. The number of anilines is 1. The lowest BCUT2D eigenvalue weighted by Gasteiger charge is -2.10. The Kier molecular flexibility index (Phi) is 7.73. The number of benzene rings is 3. The summed E-state index contributed by atoms with van der Waals surface area (Å²) in [7, 11) is 3.05. The molecule has 0 saturated carbocycles. The van der Waals surface area contributed by atoms with E-state index in [9.17, 15) is 18.0 Å². The number of methoxy groups -OCH3 is 2. The normalized spacial score (nSPS) is 11.3. The van der Waals surface area contributed by atoms with Crippen molar-refractivity contribution in [3.63, 3.8) is 0 Å². The summed E-state index contributed by atoms with van der Waals surface area (Å²) in [5.41, 5.74) is 1.17. The zero-order chi connectivity index (χ0) is 26.4. The molecule has 0 atom stereocenters. The van der Waals surface area contributed by atoms with Gasteiger partial charge in [0.15, 0.2) is 5.82 Å². The lowest BCUT2D eigenvalue weighted by molar-refractivity contribution is -0.137. The van der Waals surface area contributed by atoms with Crippen molar-refractivity contribution in [1.82, 2.24) is 14.8 Å². The van der Waals surface area contributed by atoms with Crippen LogP contribution < -0.4 is 14.8 Å². The van der Waals surface area contributed by atoms with Gasteiger partial charge in [0.05, 0.1) is 25.0 Å². The molecule has 4 rings (SSSR count). The van der Waals surface area contributed by atoms with Crippen LogP contribution in [0.5, 0.6) is 11.8 Å². The highest BCUT2D eigenvalue weighted by Crippen LogP contribution is 2.31. The number of nitrogens with zero attached hydrogens (tertiary/aromatic N) is 3. The second kappa shape index (κ2) is 11.1. The molecule has 11 heteroatoms. The Balaban J connectivity index is 1.60. The van der Waals surface area contributed by atoms with E-state index in [0.717, 1.165) is 12.1 Å². The first-order chi connectivity index (χ1) is 17.8. The van der Waals surface area contributed by atoms with Crippen molar-refractivity contribution in [2.24, 2.45) is 0 Å². The van der Waals surface area contributed by atoms with E-state index in [1.165, 1.54) is 31.0 Å². The van der Waals surface area contributed by atoms with E-state index in [1.54, 1.807) is 48.5 Å². The number of carbonyl (C=O) groups excluding carboxylic acids is 1. The molecule has 4 aromatic rings. The van der Waals surface area contributed by atoms with E-state index in [1.807, 2.05) is 0 Å². The monoisotopic (exact) mass is 512 g/mol. The molecule has 0 aliphatic carbocycles. The minimum Gasteiger partial charge on any atom is -0.497 e. The van der Waals surface area contributed by atoms with Gasteiger partial charge >= 0.3 is 12.2 Å². The van der Waals surface area contributed by atoms with Crippen molar-refractivity contribution in [2.45, 2.75) is 6.18 Å². The summed E-state index contributed by atoms with van der Waals surface area (Å²) < 4.78 is 56.1. The maximum absolute atomic E-state index is 13.0. The zero-order valence-corrected chi connectivity index (χ0v) is 20.0. The van der Waals surface area contributed by atoms with Crippen LogP contribution in [-0.2, 0) is 10.9 Å². The molecule has 0 bridgehead atoms. The van der Waals surface area contributed by atoms with E-state index >= 15 is 0 Å². The summed E-state index contributed by atoms with van der Waals surface area (Å²) >= 11 is 0. The molecule has 1 heterocycles. The van der Waals surface area contributed by atoms with E-state index in [2.05, 4.69) is 15.4 Å². The maximum Gasteiger partial charge on any atom is 0.416 e. The van der Waals surface area contributed by atoms with Crippen molar-refractivity contribution in [3.8, 4) is 28.8 Å². The van der Waals surface area contributed by atoms with Gasteiger partial charge in [-0.05, 0) is 54.6 Å². The predicted molar refractivity (Wildman–Crippen MR) is 130 cm³/mol. The lowest BCUT2D eigenvalue weighted by atomic mass is 10.1. The Hall–Kier alpha value is -4.38. The van der Waals surface area contributed by atoms with Crippen LogP contribution in [0.3, 0.4) is 0 Å². The number of carbonyl (C=O) groups is 1. The van der Waals surface area contributed by atoms with Crippen LogP contribution in [0, 0.1) is 0 Å². The number of alkyl halides is 3. The third-order valence-corrected chi connectivity index (χ3v) is 5.28. The minimum atomic E-state index is -4.45. The molecule has 0 spiro atoms. The molecule has 192 valence electrons. The Morgan fingerprint density at radius 2 is 1.70 bits per heavy atom. The van der Waals surface area contributed by atoms with Gasteiger partial charge in [-0.25, -0.2) is 4.68 Å². The highest BCUT2D eigenvalue weighted by atomic mass is 19.4. The Morgan fingerprint density at radius 1 is 0.973 bits per heavy atom. The summed E-state index contributed by atoms with van der Waals surface area (Å²) in [6, 6.07) is 18.2. The Labute approximate surface area is 210 Å². The van der Waals surface area contributed by atoms with Gasteiger partial charge in [-0.15, -0.1) is 5.10 Å². The molecule has 0 fully saturated rings. The van der Waals surface area contributed by atoms with Crippen LogP contribution >= 0.6 is 0 Å². The molecule has 1 aromatic heterocycles. The van der Waals surface area contributed by atoms with Gasteiger partial charge in [0, 0.05) is 23.9 Å². The molecular formula is C26H23F3N4O4. The quantitative estimate of drug-likeness (QED) is 0.309. The number of hydrogen-bond acceptors (Lipinski definition) is 6. The van der Waals surface area contributed by atoms with Crippen molar-refractivity contribution in [1.29, 1.82) is 0 Å². The molecule has 0 aliphatic rings. The molecule has 0 saturated heterocycles. The van der Waals surface area contributed by atoms with Crippen molar-refractivity contribution < 1.29 is 32.2 Å². The first-order valence-electron chi connectivity index (χ1n) is 11.1. The summed E-state index contributed by atoms with van der Waals surface area (Å²) in [5.74, 6) is 0.537. The molecule has 1 amide bonds. The number of nitrogens with one attached hydrogen (secondary N) is 1. The van der Waals surface area contributed by atoms with Crippen molar-refractivity contribution in [3.05, 3.63) is 83.9 Å². The first kappa shape index (κ1) is 25.7. The van der Waals surface area contributed by atoms with E-state index in [0.29, 0.717) is 34.9 Å². The van der Waals surface area contributed by atoms with Crippen molar-refractivity contribution >= 4 is 11.6 Å². The number of amides is 1. The van der Waals surface area contributed by atoms with Crippen LogP contribution in [0.4, 0.5) is 18.9 Å². The maximum atomic E-state index is 13.0. The second-order valence-corrected chi connectivity index (χ2v) is 7.78. The predicted octanol–water partition coefficient (Wildman–Crippen LogP) is 5.24. The lowest BCUT2D eigenvalue weighted by Crippen LogP contribution is -2.12. The Morgan fingerprint density at radius 3 is 2.35 bits per heavy atom. The standard InChI is InChI=1S/C26H23F3N4O4/c1-35-14-15-37-25-31-23(17-6-8-19(9-7-17)26(27,28)29)33(32-25)21-12-10-20(11-13-21)30-24(34)18-4-3-5-22(16-18)36-2/h3-13,16H,14-15H2,1-2H3,(H,30,34). The van der Waals surface area contributed by atoms with Crippen LogP contribution in [0.1, 0.15) is 15.9 Å². The number of hydrogen-bond donors (Lipinski definition) is 1. The number of rotatable bonds is 9. The highest BCUT2D eigenvalue weighted by Gasteiger charge is 2.30. The molecule has 0 radical (unpaired) electrons. The van der Waals surface area contributed by atoms with E-state index in [4.69, 9.17) is 14.2 Å². The molecule has 8 nitrogen and oxygen atoms in total. The van der Waals surface area contributed by atoms with Crippen LogP contribution in [-0.4, -0.2) is 48.1 Å². The minimum absolute atomic E-state index is 0.0438. The third kappa shape index (κ3) is 6.25. The van der Waals surface area contributed by atoms with E-state index < -0.39 is 11.7 Å². The highest BCUT2D eigenvalue weighted by molar-refractivity contribution is 6.04. The van der Waals surface area contributed by atoms with Crippen LogP contribution in [0.2, 0.25) is 0 Å². The fraction of sp³-hybridized carbons (Fsp3) is 0.192. The summed E-state index contributed by atoms with van der Waals surface area (Å²) in [5, 5.41) is 7.17. The zero-order valence-electron chi connectivity index (χ0n) is 20.0. The van der Waals surface area contributed by atoms with Crippen LogP contribution in [0.15, 0.2) is 72.8 Å². The van der Waals surface area contributed by atoms with Crippen LogP contribution in [0.25, 0.3) is 17.1 Å². The fourth-order valence-electron chi connectivity index (χ4n) is 3.40. The Bertz CT molecular complexity index is 1350. The van der Waals surface area contributed by atoms with Gasteiger partial charge in [-0.3, -0.25) is 4.79 Å². The number of halogens is 3. The number of ether oxygens (including phenoxy) is 3. The largest absolute Gasteiger partial charge is 0.497 e.